The number of nitrogens with zero attached hydrogens (tertiary/aromatic N) is 1. The van der Waals surface area contributed by atoms with Gasteiger partial charge in [0.25, 0.3) is 5.91 Å². The monoisotopic (exact) mass is 436 g/mol. The summed E-state index contributed by atoms with van der Waals surface area (Å²) in [5, 5.41) is 12.5. The van der Waals surface area contributed by atoms with Crippen LogP contribution in [0.4, 0.5) is 18.9 Å². The summed E-state index contributed by atoms with van der Waals surface area (Å²) in [6.07, 6.45) is -4.99. The fourth-order valence-electron chi connectivity index (χ4n) is 3.62. The molecule has 0 aromatic heterocycles. The molecule has 0 saturated carbocycles. The van der Waals surface area contributed by atoms with Gasteiger partial charge < -0.3 is 20.1 Å². The number of alkyl halides is 3. The zero-order valence-electron chi connectivity index (χ0n) is 17.0. The van der Waals surface area contributed by atoms with E-state index in [1.807, 2.05) is 13.8 Å². The van der Waals surface area contributed by atoms with Gasteiger partial charge in [-0.15, -0.1) is 0 Å². The number of morpholine rings is 1. The van der Waals surface area contributed by atoms with Gasteiger partial charge in [-0.3, -0.25) is 9.59 Å². The molecule has 9 heteroatoms. The average molecular weight is 436 g/mol. The Balaban J connectivity index is 1.71. The van der Waals surface area contributed by atoms with Gasteiger partial charge in [0.05, 0.1) is 18.2 Å². The summed E-state index contributed by atoms with van der Waals surface area (Å²) in [6, 6.07) is 10.00. The second-order valence-electron chi connectivity index (χ2n) is 7.53. The molecule has 1 aliphatic heterocycles. The lowest BCUT2D eigenvalue weighted by Gasteiger charge is -2.42. The fourth-order valence-corrected chi connectivity index (χ4v) is 3.62. The maximum absolute atomic E-state index is 12.7. The van der Waals surface area contributed by atoms with Crippen molar-refractivity contribution < 1.29 is 32.6 Å². The first-order valence-electron chi connectivity index (χ1n) is 9.74. The molecule has 3 rings (SSSR count). The molecule has 1 saturated heterocycles. The summed E-state index contributed by atoms with van der Waals surface area (Å²) in [4.78, 5) is 26.1. The normalized spacial score (nSPS) is 19.6. The second kappa shape index (κ2) is 9.07. The van der Waals surface area contributed by atoms with Gasteiger partial charge in [0.2, 0.25) is 5.91 Å². The van der Waals surface area contributed by atoms with Crippen molar-refractivity contribution >= 4 is 17.5 Å². The molecule has 2 atom stereocenters. The number of hydrogen-bond donors (Lipinski definition) is 2. The predicted molar refractivity (Wildman–Crippen MR) is 107 cm³/mol. The van der Waals surface area contributed by atoms with E-state index in [2.05, 4.69) is 5.32 Å². The van der Waals surface area contributed by atoms with Crippen LogP contribution in [0.2, 0.25) is 0 Å². The number of anilines is 1. The Bertz CT molecular complexity index is 927. The van der Waals surface area contributed by atoms with Crippen molar-refractivity contribution in [3.8, 4) is 0 Å². The third-order valence-electron chi connectivity index (χ3n) is 5.10. The molecule has 0 spiro atoms. The van der Waals surface area contributed by atoms with Crippen LogP contribution in [0.25, 0.3) is 0 Å². The van der Waals surface area contributed by atoms with E-state index in [0.29, 0.717) is 5.69 Å². The zero-order chi connectivity index (χ0) is 22.8. The number of aliphatic hydroxyl groups is 1. The number of carbonyl (C=O) groups is 2. The molecule has 1 aliphatic rings. The first-order chi connectivity index (χ1) is 14.6. The lowest BCUT2D eigenvalue weighted by molar-refractivity contribution is -0.164. The highest BCUT2D eigenvalue weighted by atomic mass is 19.4. The summed E-state index contributed by atoms with van der Waals surface area (Å²) in [6.45, 7) is 3.37. The number of hydrogen-bond acceptors (Lipinski definition) is 4. The Labute approximate surface area is 177 Å². The van der Waals surface area contributed by atoms with Crippen molar-refractivity contribution in [2.45, 2.75) is 38.2 Å². The molecule has 0 radical (unpaired) electrons. The molecule has 2 amide bonds. The Morgan fingerprint density at radius 1 is 1.16 bits per heavy atom. The first kappa shape index (κ1) is 22.8. The number of amides is 2. The topological polar surface area (TPSA) is 78.9 Å². The third-order valence-corrected chi connectivity index (χ3v) is 5.10. The van der Waals surface area contributed by atoms with E-state index in [1.54, 1.807) is 29.2 Å². The number of halogens is 3. The smallest absolute Gasteiger partial charge is 0.394 e. The third kappa shape index (κ3) is 5.05. The second-order valence-corrected chi connectivity index (χ2v) is 7.53. The minimum absolute atomic E-state index is 0.0915. The molecule has 31 heavy (non-hydrogen) atoms. The van der Waals surface area contributed by atoms with E-state index in [9.17, 15) is 27.9 Å². The summed E-state index contributed by atoms with van der Waals surface area (Å²) in [5.74, 6) is -0.731. The molecule has 0 bridgehead atoms. The number of ether oxygens (including phenoxy) is 1. The Morgan fingerprint density at radius 2 is 1.77 bits per heavy atom. The van der Waals surface area contributed by atoms with Gasteiger partial charge in [-0.1, -0.05) is 12.1 Å². The first-order valence-corrected chi connectivity index (χ1v) is 9.74. The van der Waals surface area contributed by atoms with Crippen LogP contribution in [-0.4, -0.2) is 47.1 Å². The van der Waals surface area contributed by atoms with Crippen LogP contribution < -0.4 is 5.32 Å². The molecule has 2 aromatic rings. The molecule has 166 valence electrons. The summed E-state index contributed by atoms with van der Waals surface area (Å²) in [7, 11) is 0. The van der Waals surface area contributed by atoms with Crippen molar-refractivity contribution in [2.24, 2.45) is 0 Å². The van der Waals surface area contributed by atoms with Crippen LogP contribution in [0.3, 0.4) is 0 Å². The van der Waals surface area contributed by atoms with Crippen LogP contribution >= 0.6 is 0 Å². The van der Waals surface area contributed by atoms with Gasteiger partial charge in [-0.25, -0.2) is 0 Å². The lowest BCUT2D eigenvalue weighted by atomic mass is 9.98. The van der Waals surface area contributed by atoms with Gasteiger partial charge in [0, 0.05) is 17.3 Å². The fraction of sp³-hybridized carbons (Fsp3) is 0.364. The molecule has 2 N–H and O–H groups in total. The molecule has 6 nitrogen and oxygen atoms in total. The maximum Gasteiger partial charge on any atom is 0.416 e. The number of nitrogens with one attached hydrogen (secondary N) is 1. The van der Waals surface area contributed by atoms with Gasteiger partial charge >= 0.3 is 6.18 Å². The highest BCUT2D eigenvalue weighted by Gasteiger charge is 2.38. The molecular formula is C22H23F3N2O4. The van der Waals surface area contributed by atoms with Crippen molar-refractivity contribution in [2.75, 3.05) is 18.5 Å². The zero-order valence-corrected chi connectivity index (χ0v) is 17.0. The van der Waals surface area contributed by atoms with Gasteiger partial charge in [0.15, 0.2) is 0 Å². The SMILES string of the molecule is CC(C)N1C(=O)CO[C@H](c2ccc(NC(=O)c3ccc(C(F)(F)F)cc3)cc2)[C@H]1CO. The minimum atomic E-state index is -4.46. The van der Waals surface area contributed by atoms with E-state index < -0.39 is 29.8 Å². The van der Waals surface area contributed by atoms with Gasteiger partial charge in [0.1, 0.15) is 12.7 Å². The van der Waals surface area contributed by atoms with E-state index in [1.165, 1.54) is 0 Å². The molecule has 2 aromatic carbocycles. The Hall–Kier alpha value is -2.91. The van der Waals surface area contributed by atoms with Crippen LogP contribution in [0.1, 0.15) is 41.4 Å². The number of benzene rings is 2. The Kier molecular flexibility index (Phi) is 6.66. The van der Waals surface area contributed by atoms with Crippen LogP contribution in [-0.2, 0) is 15.7 Å². The summed E-state index contributed by atoms with van der Waals surface area (Å²) in [5.41, 5.74) is 0.443. The van der Waals surface area contributed by atoms with Crippen LogP contribution in [0.15, 0.2) is 48.5 Å². The van der Waals surface area contributed by atoms with Crippen LogP contribution in [0.5, 0.6) is 0 Å². The number of carbonyl (C=O) groups excluding carboxylic acids is 2. The quantitative estimate of drug-likeness (QED) is 0.751. The van der Waals surface area contributed by atoms with E-state index in [4.69, 9.17) is 4.74 Å². The van der Waals surface area contributed by atoms with Crippen molar-refractivity contribution in [3.05, 3.63) is 65.2 Å². The molecular weight excluding hydrogens is 413 g/mol. The summed E-state index contributed by atoms with van der Waals surface area (Å²) >= 11 is 0. The molecule has 1 heterocycles. The minimum Gasteiger partial charge on any atom is -0.394 e. The predicted octanol–water partition coefficient (Wildman–Crippen LogP) is 3.63. The number of rotatable bonds is 5. The molecule has 0 unspecified atom stereocenters. The highest BCUT2D eigenvalue weighted by molar-refractivity contribution is 6.04. The maximum atomic E-state index is 12.7. The molecule has 1 fully saturated rings. The standard InChI is InChI=1S/C22H23F3N2O4/c1-13(2)27-18(11-28)20(31-12-19(27)29)14-5-9-17(10-6-14)26-21(30)15-3-7-16(8-4-15)22(23,24)25/h3-10,13,18,20,28H,11-12H2,1-2H3,(H,26,30)/t18-,20-/m1/s1. The van der Waals surface area contributed by atoms with E-state index >= 15 is 0 Å². The van der Waals surface area contributed by atoms with E-state index in [-0.39, 0.29) is 30.7 Å². The van der Waals surface area contributed by atoms with Crippen molar-refractivity contribution in [1.82, 2.24) is 4.90 Å². The lowest BCUT2D eigenvalue weighted by Crippen LogP contribution is -2.55. The van der Waals surface area contributed by atoms with Crippen molar-refractivity contribution in [1.29, 1.82) is 0 Å². The Morgan fingerprint density at radius 3 is 2.29 bits per heavy atom. The highest BCUT2D eigenvalue weighted by Crippen LogP contribution is 2.31. The number of aliphatic hydroxyl groups excluding tert-OH is 1. The average Bonchev–Trinajstić information content (AvgIpc) is 2.73. The van der Waals surface area contributed by atoms with Crippen LogP contribution in [0, 0.1) is 0 Å². The summed E-state index contributed by atoms with van der Waals surface area (Å²) < 4.78 is 43.6. The van der Waals surface area contributed by atoms with Gasteiger partial charge in [-0.2, -0.15) is 13.2 Å². The van der Waals surface area contributed by atoms with E-state index in [0.717, 1.165) is 29.8 Å². The largest absolute Gasteiger partial charge is 0.416 e. The molecule has 0 aliphatic carbocycles. The van der Waals surface area contributed by atoms with Crippen molar-refractivity contribution in [3.63, 3.8) is 0 Å². The van der Waals surface area contributed by atoms with Gasteiger partial charge in [-0.05, 0) is 55.8 Å².